The third-order valence-electron chi connectivity index (χ3n) is 19.1. The number of H-pyrrole nitrogens is 6. The van der Waals surface area contributed by atoms with Crippen LogP contribution >= 0.6 is 23.2 Å². The van der Waals surface area contributed by atoms with Crippen molar-refractivity contribution in [2.75, 3.05) is 45.3 Å². The van der Waals surface area contributed by atoms with Crippen molar-refractivity contribution in [3.05, 3.63) is 243 Å². The van der Waals surface area contributed by atoms with E-state index in [0.29, 0.717) is 147 Å². The lowest BCUT2D eigenvalue weighted by molar-refractivity contribution is 0.0985. The van der Waals surface area contributed by atoms with E-state index in [1.807, 2.05) is 48.5 Å². The second-order valence-electron chi connectivity index (χ2n) is 28.0. The molecular formula is C91H74Cl2F2N32O9. The van der Waals surface area contributed by atoms with Crippen LogP contribution in [0.1, 0.15) is 99.4 Å². The van der Waals surface area contributed by atoms with Gasteiger partial charge in [0.15, 0.2) is 86.2 Å². The van der Waals surface area contributed by atoms with Crippen LogP contribution in [-0.4, -0.2) is 146 Å². The summed E-state index contributed by atoms with van der Waals surface area (Å²) in [5.74, 6) is 4.96. The maximum atomic E-state index is 14.1. The van der Waals surface area contributed by atoms with Crippen LogP contribution in [0, 0.1) is 83.7 Å². The van der Waals surface area contributed by atoms with E-state index in [4.69, 9.17) is 108 Å². The number of nitrogens with one attached hydrogen (secondary N) is 12. The molecule has 0 bridgehead atoms. The number of nitrogens with two attached hydrogens (primary N) is 6. The van der Waals surface area contributed by atoms with Crippen molar-refractivity contribution in [3.63, 3.8) is 0 Å². The quantitative estimate of drug-likeness (QED) is 0.0160. The number of rotatable bonds is 28. The number of para-hydroxylation sites is 1. The number of terminal acetylenes is 4. The first kappa shape index (κ1) is 95.8. The Morgan fingerprint density at radius 1 is 0.412 bits per heavy atom. The maximum absolute atomic E-state index is 14.1. The number of hydrogen-bond donors (Lipinski definition) is 18. The molecule has 680 valence electrons. The summed E-state index contributed by atoms with van der Waals surface area (Å²) < 4.78 is 38.5. The number of benzene rings is 5. The fraction of sp³-hybridized carbons (Fsp3) is 0.0989. The predicted octanol–water partition coefficient (Wildman–Crippen LogP) is 12.1. The number of carbonyl (C=O) groups excluding carboxylic acids is 6. The molecule has 0 spiro atoms. The lowest BCUT2D eigenvalue weighted by Crippen LogP contribution is -2.19. The van der Waals surface area contributed by atoms with Gasteiger partial charge in [-0.15, -0.1) is 98.7 Å². The van der Waals surface area contributed by atoms with E-state index in [9.17, 15) is 37.5 Å². The molecule has 45 heteroatoms. The molecule has 0 aliphatic carbocycles. The highest BCUT2D eigenvalue weighted by atomic mass is 35.5. The van der Waals surface area contributed by atoms with Gasteiger partial charge in [0.2, 0.25) is 0 Å². The zero-order valence-corrected chi connectivity index (χ0v) is 72.4. The van der Waals surface area contributed by atoms with E-state index in [2.05, 4.69) is 147 Å². The zero-order chi connectivity index (χ0) is 97.1. The molecule has 12 aromatic heterocycles. The average molecular weight is 1870 g/mol. The normalized spacial score (nSPS) is 10.6. The van der Waals surface area contributed by atoms with Crippen LogP contribution in [0.4, 0.5) is 71.3 Å². The number of aromatic nitrogens is 18. The standard InChI is InChI=1S/C17H14ClN5O.C16H12ClN5O2.C16H13FN6O.C16H13N5O.C15H11FN6O2.C11H11N5O2/c1-2-3-4-10-5-6-11(9-13(10)18)21-14-12-7-8-20-17(12)23-22-15(14)16(19)24;1-2-7-24-12-4-3-9(8-11(12)17)20-13-10-5-6-19-16(10)22-21-14(13)15(18)23;17-11-4-1-5-12(9(11)3-2-7-18)21-13-10-6-8-20-16(10)23-22-14(13)15(19)24;1-2-3-10-4-6-11(7-5-10)19-13-12-8-9-18-16(12)21-20-14(13)15(17)22;16-9-2-1-3-10(13(9)24-7-5-17)20-11-8-4-6-19-15(8)22-21-12(11)14(18)23;1-3-6(2)18-16-8-7-4-5-13-11(7)15-14-9(8)10(12)17/h1,5-9H,3-4H2,(H2,19,24)(H2,20,21,23);1,3-6,8H,7H2,(H2,18,23)(H2,19,20,22);1,4-6,8H,2-3H2,(H2,19,24)(H2,20,21,23);1,4-9H,3H2,(H2,17,22)(H2,18,19,21);1-4,6H,7H2,(H2,18,23)(H2,19,20,22);1,4-6H,2H3,(H2,12,17)(H2,13,15,16). The SMILES string of the molecule is C#CC(C)ONc1c(C(N)=O)nnc2[nH]ccc12.C#CCCc1ccc(Nc2c(C(N)=O)nnc3[nH]ccc23)cc1Cl.C#CCOc1ccc(Nc2c(C(N)=O)nnc3[nH]ccc23)cc1Cl.C#CCc1ccc(Nc2c(C(N)=O)nnc3[nH]ccc23)cc1.N#CCCc1c(F)cccc1Nc1c(C(N)=O)nnc2[nH]ccc12.N#CCOc1c(F)cccc1Nc1c(C(N)=O)nnc2[nH]ccc12. The Morgan fingerprint density at radius 3 is 1.18 bits per heavy atom. The number of primary amides is 6. The van der Waals surface area contributed by atoms with Gasteiger partial charge >= 0.3 is 0 Å². The number of ether oxygens (including phenoxy) is 2. The monoisotopic (exact) mass is 1870 g/mol. The second kappa shape index (κ2) is 45.1. The predicted molar refractivity (Wildman–Crippen MR) is 505 cm³/mol. The number of halogens is 4. The van der Waals surface area contributed by atoms with Crippen molar-refractivity contribution in [2.24, 2.45) is 34.4 Å². The van der Waals surface area contributed by atoms with Crippen molar-refractivity contribution in [2.45, 2.75) is 45.1 Å². The Bertz CT molecular complexity index is 7330. The molecular weight excluding hydrogens is 1790 g/mol. The lowest BCUT2D eigenvalue weighted by atomic mass is 10.1. The number of aryl methyl sites for hydroxylation is 1. The summed E-state index contributed by atoms with van der Waals surface area (Å²) in [4.78, 5) is 92.0. The third-order valence-corrected chi connectivity index (χ3v) is 19.8. The van der Waals surface area contributed by atoms with Crippen molar-refractivity contribution in [3.8, 4) is 73.0 Å². The fourth-order valence-electron chi connectivity index (χ4n) is 12.8. The summed E-state index contributed by atoms with van der Waals surface area (Å²) in [6.07, 6.45) is 32.8. The Hall–Kier alpha value is -19.3. The molecule has 1 unspecified atom stereocenters. The summed E-state index contributed by atoms with van der Waals surface area (Å²) in [6, 6.07) is 41.2. The van der Waals surface area contributed by atoms with Crippen LogP contribution in [0.25, 0.3) is 66.2 Å². The van der Waals surface area contributed by atoms with Gasteiger partial charge in [-0.25, -0.2) is 8.78 Å². The van der Waals surface area contributed by atoms with Gasteiger partial charge in [0.05, 0.1) is 45.2 Å². The first-order chi connectivity index (χ1) is 65.7. The van der Waals surface area contributed by atoms with Gasteiger partial charge in [-0.3, -0.25) is 39.1 Å². The van der Waals surface area contributed by atoms with E-state index >= 15 is 0 Å². The Labute approximate surface area is 777 Å². The van der Waals surface area contributed by atoms with Crippen molar-refractivity contribution in [1.82, 2.24) is 91.1 Å². The average Bonchev–Trinajstić information content (AvgIpc) is 1.61. The molecule has 0 saturated carbocycles. The van der Waals surface area contributed by atoms with Crippen molar-refractivity contribution >= 4 is 187 Å². The van der Waals surface area contributed by atoms with E-state index < -0.39 is 53.2 Å². The molecule has 17 aromatic rings. The van der Waals surface area contributed by atoms with Gasteiger partial charge in [-0.2, -0.15) is 10.5 Å². The Kier molecular flexibility index (Phi) is 31.7. The number of nitrogens with zero attached hydrogens (tertiary/aromatic N) is 14. The third kappa shape index (κ3) is 23.2. The first-order valence-electron chi connectivity index (χ1n) is 39.8. The molecule has 0 saturated heterocycles. The van der Waals surface area contributed by atoms with Gasteiger partial charge in [0.25, 0.3) is 35.4 Å². The van der Waals surface area contributed by atoms with Crippen LogP contribution in [0.3, 0.4) is 0 Å². The molecule has 0 aliphatic rings. The highest BCUT2D eigenvalue weighted by molar-refractivity contribution is 6.32. The highest BCUT2D eigenvalue weighted by Crippen LogP contribution is 2.38. The summed E-state index contributed by atoms with van der Waals surface area (Å²) >= 11 is 12.5. The minimum Gasteiger partial charge on any atom is -0.479 e. The molecule has 0 aliphatic heterocycles. The van der Waals surface area contributed by atoms with Crippen LogP contribution in [-0.2, 0) is 24.1 Å². The molecule has 41 nitrogen and oxygen atoms in total. The molecule has 136 heavy (non-hydrogen) atoms. The smallest absolute Gasteiger partial charge is 0.271 e. The van der Waals surface area contributed by atoms with Crippen molar-refractivity contribution < 1.29 is 51.9 Å². The Morgan fingerprint density at radius 2 is 0.794 bits per heavy atom. The van der Waals surface area contributed by atoms with Crippen molar-refractivity contribution in [1.29, 1.82) is 10.5 Å². The molecule has 17 rings (SSSR count). The fourth-order valence-corrected chi connectivity index (χ4v) is 13.3. The highest BCUT2D eigenvalue weighted by Gasteiger charge is 2.25. The summed E-state index contributed by atoms with van der Waals surface area (Å²) in [5, 5.41) is 84.0. The summed E-state index contributed by atoms with van der Waals surface area (Å²) in [7, 11) is 0. The second-order valence-corrected chi connectivity index (χ2v) is 28.8. The molecule has 5 aromatic carbocycles. The largest absolute Gasteiger partial charge is 0.479 e. The molecule has 0 radical (unpaired) electrons. The Balaban J connectivity index is 0.000000147. The number of fused-ring (bicyclic) bond motifs is 6. The number of amides is 6. The number of anilines is 11. The van der Waals surface area contributed by atoms with Gasteiger partial charge in [-0.05, 0) is 134 Å². The van der Waals surface area contributed by atoms with Crippen LogP contribution in [0.5, 0.6) is 11.5 Å². The zero-order valence-electron chi connectivity index (χ0n) is 70.9. The van der Waals surface area contributed by atoms with E-state index in [1.165, 1.54) is 18.2 Å². The first-order valence-corrected chi connectivity index (χ1v) is 40.6. The van der Waals surface area contributed by atoms with Gasteiger partial charge in [0.1, 0.15) is 36.0 Å². The maximum Gasteiger partial charge on any atom is 0.271 e. The van der Waals surface area contributed by atoms with E-state index in [1.54, 1.807) is 123 Å². The number of nitriles is 2. The number of hydrogen-bond acceptors (Lipinski definition) is 29. The molecule has 24 N–H and O–H groups in total. The van der Waals surface area contributed by atoms with Crippen LogP contribution in [0.2, 0.25) is 10.0 Å². The van der Waals surface area contributed by atoms with Crippen LogP contribution in [0.15, 0.2) is 171 Å². The van der Waals surface area contributed by atoms with Gasteiger partial charge in [-0.1, -0.05) is 65.4 Å². The molecule has 12 heterocycles. The van der Waals surface area contributed by atoms with Crippen LogP contribution < -0.4 is 75.9 Å². The minimum atomic E-state index is -0.788. The van der Waals surface area contributed by atoms with Gasteiger partial charge < -0.3 is 100 Å². The summed E-state index contributed by atoms with van der Waals surface area (Å²) in [5.41, 5.74) is 45.4. The summed E-state index contributed by atoms with van der Waals surface area (Å²) in [6.45, 7) is 1.48. The van der Waals surface area contributed by atoms with E-state index in [0.717, 1.165) is 22.2 Å². The minimum absolute atomic E-state index is 0.00804. The number of carbonyl (C=O) groups is 6. The molecule has 6 amide bonds. The van der Waals surface area contributed by atoms with E-state index in [-0.39, 0.29) is 77.3 Å². The molecule has 1 atom stereocenters. The number of aromatic amines is 6. The molecule has 0 fully saturated rings. The lowest BCUT2D eigenvalue weighted by Gasteiger charge is -2.14. The topological polar surface area (TPSA) is 655 Å². The van der Waals surface area contributed by atoms with Gasteiger partial charge in [0, 0.05) is 122 Å².